The summed E-state index contributed by atoms with van der Waals surface area (Å²) in [5, 5.41) is 24.6. The Balaban J connectivity index is 2.06. The van der Waals surface area contributed by atoms with Crippen molar-refractivity contribution >= 4 is 87.6 Å². The van der Waals surface area contributed by atoms with Gasteiger partial charge in [-0.15, -0.1) is 0 Å². The zero-order valence-electron chi connectivity index (χ0n) is 56.4. The van der Waals surface area contributed by atoms with Gasteiger partial charge in [0, 0.05) is 54.1 Å². The van der Waals surface area contributed by atoms with E-state index in [0.717, 1.165) is 16.2 Å². The van der Waals surface area contributed by atoms with Crippen molar-refractivity contribution in [3.8, 4) is 0 Å². The maximum absolute atomic E-state index is 15.3. The van der Waals surface area contributed by atoms with Gasteiger partial charge in [-0.1, -0.05) is 159 Å². The van der Waals surface area contributed by atoms with Crippen LogP contribution in [0.1, 0.15) is 139 Å². The highest BCUT2D eigenvalue weighted by atomic mass is 127. The molecule has 11 amide bonds. The van der Waals surface area contributed by atoms with Crippen LogP contribution in [-0.2, 0) is 65.6 Å². The Labute approximate surface area is 552 Å². The van der Waals surface area contributed by atoms with E-state index in [1.807, 2.05) is 78.0 Å². The lowest BCUT2D eigenvalue weighted by atomic mass is 9.96. The second-order valence-electron chi connectivity index (χ2n) is 26.2. The van der Waals surface area contributed by atoms with Crippen LogP contribution in [0.25, 0.3) is 0 Å². The summed E-state index contributed by atoms with van der Waals surface area (Å²) in [6.07, 6.45) is 1.14. The number of aliphatic hydroxyl groups is 1. The van der Waals surface area contributed by atoms with Crippen LogP contribution >= 0.6 is 22.6 Å². The highest BCUT2D eigenvalue weighted by molar-refractivity contribution is 14.1. The number of amides is 11. The number of likely N-dealkylation sites (N-methyl/N-ethyl adjacent to an activating group) is 4. The number of hydrogen-bond donors (Lipinski definition) is 8. The molecule has 0 bridgehead atoms. The van der Waals surface area contributed by atoms with Gasteiger partial charge < -0.3 is 67.7 Å². The topological polar surface area (TPSA) is 336 Å². The molecular formula is C66H105IN12O12. The van der Waals surface area contributed by atoms with E-state index in [2.05, 4.69) is 26.6 Å². The van der Waals surface area contributed by atoms with Gasteiger partial charge in [0.25, 0.3) is 17.7 Å². The molecule has 0 spiro atoms. The van der Waals surface area contributed by atoms with E-state index in [1.165, 1.54) is 56.7 Å². The zero-order chi connectivity index (χ0) is 68.9. The second-order valence-corrected chi connectivity index (χ2v) is 27.6. The normalized spacial score (nSPS) is 16.8. The summed E-state index contributed by atoms with van der Waals surface area (Å²) in [6, 6.07) is 6.48. The number of hydrogen-bond acceptors (Lipinski definition) is 13. The number of carbonyl (C=O) groups excluding carboxylic acids is 11. The first kappa shape index (κ1) is 78.5. The number of aliphatic hydroxyl groups excluding tert-OH is 1. The molecule has 12 atom stereocenters. The summed E-state index contributed by atoms with van der Waals surface area (Å²) in [5.41, 5.74) is 11.6. The molecule has 0 aromatic heterocycles. The van der Waals surface area contributed by atoms with Crippen molar-refractivity contribution in [3.63, 3.8) is 0 Å². The van der Waals surface area contributed by atoms with Crippen LogP contribution in [-0.4, -0.2) is 200 Å². The van der Waals surface area contributed by atoms with Crippen molar-refractivity contribution in [2.45, 2.75) is 205 Å². The Bertz CT molecular complexity index is 2790. The first-order chi connectivity index (χ1) is 42.5. The monoisotopic (exact) mass is 1380 g/mol. The number of halogens is 1. The Hall–Kier alpha value is -6.74. The van der Waals surface area contributed by atoms with Crippen molar-refractivity contribution < 1.29 is 57.8 Å². The molecule has 91 heavy (non-hydrogen) atoms. The van der Waals surface area contributed by atoms with E-state index in [-0.39, 0.29) is 61.7 Å². The third kappa shape index (κ3) is 22.8. The van der Waals surface area contributed by atoms with E-state index < -0.39 is 129 Å². The Morgan fingerprint density at radius 3 is 1.58 bits per heavy atom. The summed E-state index contributed by atoms with van der Waals surface area (Å²) in [6.45, 7) is 21.6. The molecule has 1 unspecified atom stereocenters. The average molecular weight is 1390 g/mol. The molecule has 0 radical (unpaired) electrons. The predicted molar refractivity (Wildman–Crippen MR) is 357 cm³/mol. The van der Waals surface area contributed by atoms with Gasteiger partial charge in [0.1, 0.15) is 42.3 Å². The van der Waals surface area contributed by atoms with Crippen LogP contribution < -0.4 is 38.1 Å². The Kier molecular flexibility index (Phi) is 31.5. The number of primary amides is 1. The smallest absolute Gasteiger partial charge is 0.261 e. The van der Waals surface area contributed by atoms with Crippen molar-refractivity contribution in [1.82, 2.24) is 51.1 Å². The Morgan fingerprint density at radius 1 is 0.582 bits per heavy atom. The molecule has 508 valence electrons. The van der Waals surface area contributed by atoms with Gasteiger partial charge in [-0.3, -0.25) is 52.7 Å². The summed E-state index contributed by atoms with van der Waals surface area (Å²) in [7, 11) is 5.54. The Morgan fingerprint density at radius 2 is 1.09 bits per heavy atom. The molecule has 1 aliphatic rings. The highest BCUT2D eigenvalue weighted by Crippen LogP contribution is 2.23. The highest BCUT2D eigenvalue weighted by Gasteiger charge is 2.45. The molecule has 1 fully saturated rings. The zero-order valence-corrected chi connectivity index (χ0v) is 58.6. The average Bonchev–Trinajstić information content (AvgIpc) is 0.994. The van der Waals surface area contributed by atoms with E-state index in [9.17, 15) is 43.5 Å². The predicted octanol–water partition coefficient (Wildman–Crippen LogP) is 3.03. The van der Waals surface area contributed by atoms with Gasteiger partial charge >= 0.3 is 0 Å². The van der Waals surface area contributed by atoms with Crippen molar-refractivity contribution in [2.75, 3.05) is 41.3 Å². The van der Waals surface area contributed by atoms with Gasteiger partial charge in [-0.25, -0.2) is 0 Å². The van der Waals surface area contributed by atoms with E-state index in [4.69, 9.17) is 11.5 Å². The lowest BCUT2D eigenvalue weighted by molar-refractivity contribution is -0.152. The summed E-state index contributed by atoms with van der Waals surface area (Å²) >= 11 is 2.00. The van der Waals surface area contributed by atoms with E-state index in [0.29, 0.717) is 43.5 Å². The number of nitrogens with one attached hydrogen (secondary N) is 5. The minimum absolute atomic E-state index is 0.00976. The van der Waals surface area contributed by atoms with Crippen LogP contribution in [0.15, 0.2) is 60.7 Å². The minimum Gasteiger partial charge on any atom is -0.391 e. The van der Waals surface area contributed by atoms with Crippen LogP contribution in [0.3, 0.4) is 0 Å². The van der Waals surface area contributed by atoms with Crippen molar-refractivity contribution in [2.24, 2.45) is 41.1 Å². The summed E-state index contributed by atoms with van der Waals surface area (Å²) in [4.78, 5) is 164. The molecular weight excluding hydrogens is 1280 g/mol. The number of nitrogens with two attached hydrogens (primary N) is 2. The largest absolute Gasteiger partial charge is 0.391 e. The van der Waals surface area contributed by atoms with Gasteiger partial charge in [0.15, 0.2) is 11.7 Å². The summed E-state index contributed by atoms with van der Waals surface area (Å²) in [5.74, 6) is -9.62. The first-order valence-electron chi connectivity index (χ1n) is 31.9. The van der Waals surface area contributed by atoms with E-state index in [1.54, 1.807) is 74.5 Å². The van der Waals surface area contributed by atoms with Gasteiger partial charge in [-0.2, -0.15) is 0 Å². The molecule has 24 nitrogen and oxygen atoms in total. The third-order valence-electron chi connectivity index (χ3n) is 16.8. The number of carbonyl (C=O) groups is 11. The molecule has 1 saturated heterocycles. The maximum atomic E-state index is 15.3. The lowest BCUT2D eigenvalue weighted by Gasteiger charge is -2.37. The van der Waals surface area contributed by atoms with Crippen molar-refractivity contribution in [3.05, 3.63) is 71.8 Å². The number of benzene rings is 2. The molecule has 2 aromatic carbocycles. The number of alkyl halides is 1. The third-order valence-corrected chi connectivity index (χ3v) is 18.6. The molecule has 2 aromatic rings. The van der Waals surface area contributed by atoms with Crippen LogP contribution in [0, 0.1) is 29.6 Å². The number of nitrogens with zero attached hydrogens (tertiary/aromatic N) is 5. The second kappa shape index (κ2) is 36.5. The van der Waals surface area contributed by atoms with Gasteiger partial charge in [0.05, 0.1) is 10.0 Å². The molecule has 3 rings (SSSR count). The molecule has 0 aliphatic carbocycles. The number of piperidine rings is 1. The fourth-order valence-electron chi connectivity index (χ4n) is 11.1. The summed E-state index contributed by atoms with van der Waals surface area (Å²) < 4.78 is -0.570. The molecule has 10 N–H and O–H groups in total. The molecule has 0 saturated carbocycles. The fraction of sp³-hybridized carbons (Fsp3) is 0.652. The number of likely N-dealkylation sites (tertiary alicyclic amines) is 1. The molecule has 1 aliphatic heterocycles. The minimum atomic E-state index is -2.11. The molecule has 25 heteroatoms. The van der Waals surface area contributed by atoms with E-state index >= 15 is 14.4 Å². The maximum Gasteiger partial charge on any atom is 0.261 e. The quantitative estimate of drug-likeness (QED) is 0.0217. The van der Waals surface area contributed by atoms with Crippen LogP contribution in [0.2, 0.25) is 0 Å². The lowest BCUT2D eigenvalue weighted by Crippen LogP contribution is -2.70. The standard InChI is InChI=1S/C66H105IN12O12/c1-17-42(10)51(67)58(84)74-66(69,37-46-29-23-19-24-30-46)65(91)73-52(44(12)80)59(85)71-48(34-39(4)5)61(87)77(15)50(35-40(6)7)62(88)76(14)49(36-45-27-21-18-22-28-45)57(83)70-47(33-38(2)3)56(82)72-53(64(90)79-31-25-20-26-32-79)63(89)75(13)43(11)60(86)78(16)54(41(8)9)55(68)81/h18-19,21-24,27-30,38-44,47-54,80H,17,20,25-26,31-37,69H2,1-16H3,(H2,68,81)(H,70,83)(H,71,85)(H,72,82)(H,73,91)(H,74,84)/t42-,43-,44+,47-,48-,49-,50-,51-,52-,53?,54-,66-/m0/s1. The van der Waals surface area contributed by atoms with Crippen molar-refractivity contribution in [1.29, 1.82) is 0 Å². The fourth-order valence-corrected chi connectivity index (χ4v) is 11.7. The van der Waals surface area contributed by atoms with Crippen LogP contribution in [0.4, 0.5) is 0 Å². The van der Waals surface area contributed by atoms with Crippen LogP contribution in [0.5, 0.6) is 0 Å². The first-order valence-corrected chi connectivity index (χ1v) is 33.1. The molecule has 1 heterocycles. The number of rotatable bonds is 34. The SMILES string of the molecule is CC[C@H](C)[C@H](I)C(=O)N[C@@](N)(Cc1ccccc1)C(=O)N[C@H](C(=O)N[C@@H](CC(C)C)C(=O)N(C)[C@@H](CC(C)C)C(=O)N(C)[C@@H](Cc1ccccc1)C(=O)N[C@@H](CC(C)C)C(=O)NC(C(=O)N1CCCCC1)C(=O)N(C)[C@@H](C)C(=O)N(C)[C@H](C(N)=O)C(C)C)[C@@H](C)O. The van der Waals surface area contributed by atoms with Gasteiger partial charge in [-0.05, 0) is 93.1 Å². The van der Waals surface area contributed by atoms with Gasteiger partial charge in [0.2, 0.25) is 47.3 Å².